The lowest BCUT2D eigenvalue weighted by atomic mass is 10.1. The highest BCUT2D eigenvalue weighted by Gasteiger charge is 2.36. The first-order chi connectivity index (χ1) is 14.0. The summed E-state index contributed by atoms with van der Waals surface area (Å²) in [6.07, 6.45) is 1.30. The molecule has 0 radical (unpaired) electrons. The Bertz CT molecular complexity index is 894. The summed E-state index contributed by atoms with van der Waals surface area (Å²) >= 11 is 0. The molecule has 1 N–H and O–H groups in total. The van der Waals surface area contributed by atoms with Crippen molar-refractivity contribution in [3.8, 4) is 0 Å². The predicted octanol–water partition coefficient (Wildman–Crippen LogP) is 5.90. The summed E-state index contributed by atoms with van der Waals surface area (Å²) in [6, 6.07) is 12.2. The van der Waals surface area contributed by atoms with Gasteiger partial charge in [0, 0.05) is 6.61 Å². The number of benzene rings is 2. The lowest BCUT2D eigenvalue weighted by Crippen LogP contribution is -2.41. The molecule has 30 heavy (non-hydrogen) atoms. The number of carbonyl (C=O) groups is 1. The van der Waals surface area contributed by atoms with Crippen LogP contribution in [0.15, 0.2) is 53.6 Å². The van der Waals surface area contributed by atoms with Gasteiger partial charge in [-0.05, 0) is 54.7 Å². The number of rotatable bonds is 8. The zero-order valence-electron chi connectivity index (χ0n) is 18.3. The molecule has 162 valence electrons. The van der Waals surface area contributed by atoms with Gasteiger partial charge < -0.3 is 4.43 Å². The maximum Gasteiger partial charge on any atom is 0.274 e. The summed E-state index contributed by atoms with van der Waals surface area (Å²) in [5.41, 5.74) is 3.48. The number of nitrogens with zero attached hydrogens (tertiary/aromatic N) is 1. The van der Waals surface area contributed by atoms with E-state index in [9.17, 15) is 13.6 Å². The van der Waals surface area contributed by atoms with Crippen molar-refractivity contribution in [1.29, 1.82) is 0 Å². The largest absolute Gasteiger partial charge is 0.417 e. The summed E-state index contributed by atoms with van der Waals surface area (Å²) in [7, 11) is -1.84. The van der Waals surface area contributed by atoms with Gasteiger partial charge in [-0.25, -0.2) is 14.2 Å². The minimum absolute atomic E-state index is 0.131. The van der Waals surface area contributed by atoms with Crippen LogP contribution in [0.25, 0.3) is 0 Å². The predicted molar refractivity (Wildman–Crippen MR) is 119 cm³/mol. The fourth-order valence-corrected chi connectivity index (χ4v) is 3.62. The quantitative estimate of drug-likeness (QED) is 0.244. The van der Waals surface area contributed by atoms with Gasteiger partial charge in [0.1, 0.15) is 11.6 Å². The molecule has 0 aliphatic carbocycles. The van der Waals surface area contributed by atoms with Gasteiger partial charge >= 0.3 is 0 Å². The monoisotopic (exact) mass is 432 g/mol. The smallest absolute Gasteiger partial charge is 0.274 e. The maximum absolute atomic E-state index is 13.8. The summed E-state index contributed by atoms with van der Waals surface area (Å²) in [5, 5.41) is 4.34. The van der Waals surface area contributed by atoms with Crippen molar-refractivity contribution in [2.75, 3.05) is 6.61 Å². The van der Waals surface area contributed by atoms with E-state index < -0.39 is 25.9 Å². The van der Waals surface area contributed by atoms with E-state index in [1.54, 1.807) is 0 Å². The first-order valence-electron chi connectivity index (χ1n) is 10.0. The first kappa shape index (κ1) is 23.9. The van der Waals surface area contributed by atoms with Crippen molar-refractivity contribution < 1.29 is 18.0 Å². The summed E-state index contributed by atoms with van der Waals surface area (Å²) in [4.78, 5) is 12.3. The van der Waals surface area contributed by atoms with Crippen LogP contribution in [0.5, 0.6) is 0 Å². The van der Waals surface area contributed by atoms with Crippen molar-refractivity contribution in [3.63, 3.8) is 0 Å². The van der Waals surface area contributed by atoms with Gasteiger partial charge in [-0.2, -0.15) is 5.10 Å². The Hall–Kier alpha value is -2.38. The van der Waals surface area contributed by atoms with E-state index in [2.05, 4.69) is 44.4 Å². The third-order valence-corrected chi connectivity index (χ3v) is 9.94. The molecule has 0 atom stereocenters. The topological polar surface area (TPSA) is 50.7 Å². The normalized spacial score (nSPS) is 12.7. The van der Waals surface area contributed by atoms with E-state index in [-0.39, 0.29) is 10.6 Å². The fourth-order valence-electron chi connectivity index (χ4n) is 2.53. The Morgan fingerprint density at radius 2 is 1.77 bits per heavy atom. The van der Waals surface area contributed by atoms with E-state index in [0.29, 0.717) is 18.7 Å². The summed E-state index contributed by atoms with van der Waals surface area (Å²) < 4.78 is 33.4. The third-order valence-electron chi connectivity index (χ3n) is 5.40. The van der Waals surface area contributed by atoms with Gasteiger partial charge in [-0.3, -0.25) is 4.79 Å². The fraction of sp³-hybridized carbons (Fsp3) is 0.391. The van der Waals surface area contributed by atoms with Crippen LogP contribution in [0.2, 0.25) is 18.1 Å². The van der Waals surface area contributed by atoms with Crippen LogP contribution in [0.3, 0.4) is 0 Å². The highest BCUT2D eigenvalue weighted by Crippen LogP contribution is 2.36. The van der Waals surface area contributed by atoms with Gasteiger partial charge in [0.2, 0.25) is 0 Å². The van der Waals surface area contributed by atoms with Crippen molar-refractivity contribution >= 4 is 19.9 Å². The number of halogens is 2. The molecule has 7 heteroatoms. The molecule has 2 aromatic rings. The van der Waals surface area contributed by atoms with E-state index in [1.165, 1.54) is 0 Å². The second-order valence-electron chi connectivity index (χ2n) is 8.70. The Balaban J connectivity index is 2.09. The van der Waals surface area contributed by atoms with Gasteiger partial charge in [0.05, 0.1) is 11.3 Å². The molecule has 0 fully saturated rings. The van der Waals surface area contributed by atoms with Crippen molar-refractivity contribution in [2.45, 2.75) is 51.7 Å². The molecule has 0 heterocycles. The highest BCUT2D eigenvalue weighted by atomic mass is 28.4. The SMILES string of the molecule is CC(C)(C)[Si](C)(C)OCCC/C(=N/NC(=O)c1cc(F)ccc1F)c1ccccc1. The van der Waals surface area contributed by atoms with E-state index in [1.807, 2.05) is 30.3 Å². The lowest BCUT2D eigenvalue weighted by Gasteiger charge is -2.36. The summed E-state index contributed by atoms with van der Waals surface area (Å²) in [6.45, 7) is 11.6. The molecule has 4 nitrogen and oxygen atoms in total. The zero-order chi connectivity index (χ0) is 22.4. The van der Waals surface area contributed by atoms with Crippen LogP contribution >= 0.6 is 0 Å². The molecular weight excluding hydrogens is 402 g/mol. The van der Waals surface area contributed by atoms with Gasteiger partial charge in [0.15, 0.2) is 8.32 Å². The van der Waals surface area contributed by atoms with E-state index in [0.717, 1.165) is 30.2 Å². The third kappa shape index (κ3) is 6.57. The van der Waals surface area contributed by atoms with Crippen LogP contribution in [-0.4, -0.2) is 26.5 Å². The molecule has 0 saturated carbocycles. The van der Waals surface area contributed by atoms with Crippen LogP contribution in [0, 0.1) is 11.6 Å². The Kier molecular flexibility index (Phi) is 8.03. The summed E-state index contributed by atoms with van der Waals surface area (Å²) in [5.74, 6) is -2.28. The molecule has 0 spiro atoms. The van der Waals surface area contributed by atoms with Gasteiger partial charge in [-0.1, -0.05) is 51.1 Å². The molecule has 0 unspecified atom stereocenters. The molecule has 1 amide bonds. The van der Waals surface area contributed by atoms with E-state index >= 15 is 0 Å². The number of nitrogens with one attached hydrogen (secondary N) is 1. The van der Waals surface area contributed by atoms with Crippen LogP contribution in [0.4, 0.5) is 8.78 Å². The maximum atomic E-state index is 13.8. The molecular formula is C23H30F2N2O2Si. The van der Waals surface area contributed by atoms with Crippen molar-refractivity contribution in [2.24, 2.45) is 5.10 Å². The lowest BCUT2D eigenvalue weighted by molar-refractivity contribution is 0.0950. The van der Waals surface area contributed by atoms with Crippen LogP contribution in [-0.2, 0) is 4.43 Å². The second kappa shape index (κ2) is 10.1. The van der Waals surface area contributed by atoms with Crippen molar-refractivity contribution in [3.05, 3.63) is 71.3 Å². The number of amides is 1. The Morgan fingerprint density at radius 3 is 2.40 bits per heavy atom. The molecule has 0 bridgehead atoms. The average molecular weight is 433 g/mol. The van der Waals surface area contributed by atoms with Gasteiger partial charge in [-0.15, -0.1) is 0 Å². The highest BCUT2D eigenvalue weighted by molar-refractivity contribution is 6.74. The molecule has 0 aromatic heterocycles. The van der Waals surface area contributed by atoms with Gasteiger partial charge in [0.25, 0.3) is 5.91 Å². The molecule has 0 saturated heterocycles. The number of carbonyl (C=O) groups excluding carboxylic acids is 1. The number of hydrogen-bond donors (Lipinski definition) is 1. The minimum Gasteiger partial charge on any atom is -0.417 e. The molecule has 2 aromatic carbocycles. The molecule has 2 rings (SSSR count). The molecule has 0 aliphatic heterocycles. The second-order valence-corrected chi connectivity index (χ2v) is 13.5. The number of hydrazone groups is 1. The average Bonchev–Trinajstić information content (AvgIpc) is 2.68. The van der Waals surface area contributed by atoms with Crippen LogP contribution in [0.1, 0.15) is 49.5 Å². The zero-order valence-corrected chi connectivity index (χ0v) is 19.3. The Labute approximate surface area is 178 Å². The number of hydrogen-bond acceptors (Lipinski definition) is 3. The standard InChI is InChI=1S/C23H30F2N2O2Si/c1-23(2,3)30(4,5)29-15-9-12-21(17-10-7-6-8-11-17)26-27-22(28)19-16-18(24)13-14-20(19)25/h6-8,10-11,13-14,16H,9,12,15H2,1-5H3,(H,27,28)/b26-21-. The molecule has 0 aliphatic rings. The van der Waals surface area contributed by atoms with Crippen LogP contribution < -0.4 is 5.43 Å². The van der Waals surface area contributed by atoms with Crippen molar-refractivity contribution in [1.82, 2.24) is 5.43 Å². The first-order valence-corrected chi connectivity index (χ1v) is 12.9. The minimum atomic E-state index is -1.84. The van der Waals surface area contributed by atoms with E-state index in [4.69, 9.17) is 4.43 Å². The Morgan fingerprint density at radius 1 is 1.10 bits per heavy atom.